The van der Waals surface area contributed by atoms with Crippen LogP contribution in [0.4, 0.5) is 13.2 Å². The second kappa shape index (κ2) is 7.82. The van der Waals surface area contributed by atoms with E-state index in [0.29, 0.717) is 0 Å². The molecule has 0 aliphatic carbocycles. The van der Waals surface area contributed by atoms with Crippen LogP contribution in [0.2, 0.25) is 0 Å². The first-order chi connectivity index (χ1) is 10.3. The Morgan fingerprint density at radius 3 is 2.27 bits per heavy atom. The lowest BCUT2D eigenvalue weighted by Crippen LogP contribution is -2.17. The molecule has 0 aromatic heterocycles. The van der Waals surface area contributed by atoms with E-state index in [2.05, 4.69) is 0 Å². The molecule has 0 aliphatic heterocycles. The highest BCUT2D eigenvalue weighted by Gasteiger charge is 2.35. The highest BCUT2D eigenvalue weighted by Crippen LogP contribution is 2.34. The molecule has 0 fully saturated rings. The van der Waals surface area contributed by atoms with Gasteiger partial charge in [-0.15, -0.1) is 0 Å². The van der Waals surface area contributed by atoms with E-state index in [4.69, 9.17) is 9.47 Å². The van der Waals surface area contributed by atoms with Crippen molar-refractivity contribution in [3.05, 3.63) is 34.9 Å². The summed E-state index contributed by atoms with van der Waals surface area (Å²) in [5.74, 6) is -1.46. The Labute approximate surface area is 126 Å². The van der Waals surface area contributed by atoms with E-state index in [1.54, 1.807) is 13.8 Å². The fraction of sp³-hybridized carbons (Fsp3) is 0.467. The van der Waals surface area contributed by atoms with Gasteiger partial charge in [0.05, 0.1) is 24.3 Å². The molecule has 0 atom stereocenters. The number of benzene rings is 1. The summed E-state index contributed by atoms with van der Waals surface area (Å²) in [5.41, 5.74) is -1.37. The first kappa shape index (κ1) is 18.0. The molecular formula is C15H17F3O4. The molecule has 0 heterocycles. The zero-order valence-corrected chi connectivity index (χ0v) is 12.3. The Hall–Kier alpha value is -2.05. The minimum atomic E-state index is -4.62. The van der Waals surface area contributed by atoms with Gasteiger partial charge in [-0.05, 0) is 38.0 Å². The summed E-state index contributed by atoms with van der Waals surface area (Å²) in [6.45, 7) is 3.35. The molecule has 0 saturated carbocycles. The minimum absolute atomic E-state index is 0.0480. The van der Waals surface area contributed by atoms with Crippen molar-refractivity contribution in [2.24, 2.45) is 0 Å². The lowest BCUT2D eigenvalue weighted by molar-refractivity contribution is -0.144. The Bertz CT molecular complexity index is 538. The molecule has 4 nitrogen and oxygen atoms in total. The summed E-state index contributed by atoms with van der Waals surface area (Å²) in [6, 6.07) is 3.28. The molecule has 0 saturated heterocycles. The molecule has 7 heteroatoms. The highest BCUT2D eigenvalue weighted by molar-refractivity contribution is 5.91. The van der Waals surface area contributed by atoms with Gasteiger partial charge in [0.2, 0.25) is 0 Å². The van der Waals surface area contributed by atoms with Gasteiger partial charge < -0.3 is 9.47 Å². The maximum atomic E-state index is 13.1. The molecule has 1 aromatic carbocycles. The SMILES string of the molecule is CCOC(=O)CCc1c(C(=O)OCC)cccc1C(F)(F)F. The van der Waals surface area contributed by atoms with Crippen LogP contribution in [0.3, 0.4) is 0 Å². The van der Waals surface area contributed by atoms with Gasteiger partial charge in [0.25, 0.3) is 0 Å². The number of esters is 2. The molecule has 0 spiro atoms. The van der Waals surface area contributed by atoms with Crippen LogP contribution < -0.4 is 0 Å². The molecule has 122 valence electrons. The van der Waals surface area contributed by atoms with Crippen molar-refractivity contribution >= 4 is 11.9 Å². The van der Waals surface area contributed by atoms with Crippen molar-refractivity contribution in [1.29, 1.82) is 0 Å². The van der Waals surface area contributed by atoms with Gasteiger partial charge in [-0.2, -0.15) is 13.2 Å². The molecule has 0 aliphatic rings. The average molecular weight is 318 g/mol. The van der Waals surface area contributed by atoms with Crippen molar-refractivity contribution in [3.8, 4) is 0 Å². The summed E-state index contributed by atoms with van der Waals surface area (Å²) < 4.78 is 48.7. The van der Waals surface area contributed by atoms with E-state index in [0.717, 1.165) is 12.1 Å². The van der Waals surface area contributed by atoms with E-state index in [1.165, 1.54) is 6.07 Å². The van der Waals surface area contributed by atoms with Crippen LogP contribution in [-0.2, 0) is 26.9 Å². The second-order valence-corrected chi connectivity index (χ2v) is 4.35. The molecule has 22 heavy (non-hydrogen) atoms. The van der Waals surface area contributed by atoms with E-state index >= 15 is 0 Å². The molecule has 0 amide bonds. The van der Waals surface area contributed by atoms with Gasteiger partial charge in [-0.1, -0.05) is 6.07 Å². The van der Waals surface area contributed by atoms with Crippen molar-refractivity contribution in [1.82, 2.24) is 0 Å². The first-order valence-electron chi connectivity index (χ1n) is 6.83. The van der Waals surface area contributed by atoms with Gasteiger partial charge in [0.15, 0.2) is 0 Å². The van der Waals surface area contributed by atoms with Gasteiger partial charge in [0, 0.05) is 6.42 Å². The summed E-state index contributed by atoms with van der Waals surface area (Å²) >= 11 is 0. The zero-order valence-electron chi connectivity index (χ0n) is 12.3. The minimum Gasteiger partial charge on any atom is -0.466 e. The third kappa shape index (κ3) is 4.75. The third-order valence-corrected chi connectivity index (χ3v) is 2.86. The summed E-state index contributed by atoms with van der Waals surface area (Å²) in [6.07, 6.45) is -5.11. The number of ether oxygens (including phenoxy) is 2. The maximum absolute atomic E-state index is 13.1. The monoisotopic (exact) mass is 318 g/mol. The predicted octanol–water partition coefficient (Wildman–Crippen LogP) is 3.38. The van der Waals surface area contributed by atoms with Gasteiger partial charge in [-0.3, -0.25) is 4.79 Å². The van der Waals surface area contributed by atoms with Crippen LogP contribution >= 0.6 is 0 Å². The van der Waals surface area contributed by atoms with E-state index in [-0.39, 0.29) is 37.2 Å². The Balaban J connectivity index is 3.17. The largest absolute Gasteiger partial charge is 0.466 e. The van der Waals surface area contributed by atoms with Crippen LogP contribution in [0.25, 0.3) is 0 Å². The van der Waals surface area contributed by atoms with Crippen molar-refractivity contribution < 1.29 is 32.2 Å². The number of carbonyl (C=O) groups excluding carboxylic acids is 2. The number of alkyl halides is 3. The molecule has 0 N–H and O–H groups in total. The van der Waals surface area contributed by atoms with E-state index < -0.39 is 23.7 Å². The van der Waals surface area contributed by atoms with Gasteiger partial charge >= 0.3 is 18.1 Å². The third-order valence-electron chi connectivity index (χ3n) is 2.86. The molecule has 0 bridgehead atoms. The fourth-order valence-electron chi connectivity index (χ4n) is 1.98. The van der Waals surface area contributed by atoms with Crippen molar-refractivity contribution in [2.75, 3.05) is 13.2 Å². The molecule has 0 unspecified atom stereocenters. The van der Waals surface area contributed by atoms with Crippen molar-refractivity contribution in [3.63, 3.8) is 0 Å². The van der Waals surface area contributed by atoms with Crippen LogP contribution in [-0.4, -0.2) is 25.2 Å². The van der Waals surface area contributed by atoms with Gasteiger partial charge in [0.1, 0.15) is 0 Å². The molecular weight excluding hydrogens is 301 g/mol. The number of hydrogen-bond donors (Lipinski definition) is 0. The molecule has 0 radical (unpaired) electrons. The first-order valence-corrected chi connectivity index (χ1v) is 6.83. The highest BCUT2D eigenvalue weighted by atomic mass is 19.4. The maximum Gasteiger partial charge on any atom is 0.416 e. The zero-order chi connectivity index (χ0) is 16.8. The smallest absolute Gasteiger partial charge is 0.416 e. The van der Waals surface area contributed by atoms with E-state index in [9.17, 15) is 22.8 Å². The number of carbonyl (C=O) groups is 2. The van der Waals surface area contributed by atoms with E-state index in [1.807, 2.05) is 0 Å². The average Bonchev–Trinajstić information content (AvgIpc) is 2.44. The Morgan fingerprint density at radius 1 is 1.09 bits per heavy atom. The Kier molecular flexibility index (Phi) is 6.39. The number of rotatable bonds is 6. The lowest BCUT2D eigenvalue weighted by atomic mass is 9.96. The van der Waals surface area contributed by atoms with Crippen LogP contribution in [0, 0.1) is 0 Å². The molecule has 1 aromatic rings. The van der Waals surface area contributed by atoms with Crippen LogP contribution in [0.5, 0.6) is 0 Å². The molecule has 1 rings (SSSR count). The summed E-state index contributed by atoms with van der Waals surface area (Å²) in [7, 11) is 0. The van der Waals surface area contributed by atoms with Crippen molar-refractivity contribution in [2.45, 2.75) is 32.9 Å². The normalized spacial score (nSPS) is 11.1. The Morgan fingerprint density at radius 2 is 1.73 bits per heavy atom. The van der Waals surface area contributed by atoms with Crippen LogP contribution in [0.1, 0.15) is 41.8 Å². The topological polar surface area (TPSA) is 52.6 Å². The standard InChI is InChI=1S/C15H17F3O4/c1-3-21-13(19)9-8-10-11(14(20)22-4-2)6-5-7-12(10)15(16,17)18/h5-7H,3-4,8-9H2,1-2H3. The quantitative estimate of drug-likeness (QED) is 0.755. The lowest BCUT2D eigenvalue weighted by Gasteiger charge is -2.16. The fourth-order valence-corrected chi connectivity index (χ4v) is 1.98. The number of halogens is 3. The van der Waals surface area contributed by atoms with Gasteiger partial charge in [-0.25, -0.2) is 4.79 Å². The summed E-state index contributed by atoms with van der Waals surface area (Å²) in [4.78, 5) is 23.2. The summed E-state index contributed by atoms with van der Waals surface area (Å²) in [5, 5.41) is 0. The second-order valence-electron chi connectivity index (χ2n) is 4.35. The predicted molar refractivity (Wildman–Crippen MR) is 72.4 cm³/mol. The number of hydrogen-bond acceptors (Lipinski definition) is 4. The van der Waals surface area contributed by atoms with Crippen LogP contribution in [0.15, 0.2) is 18.2 Å².